The van der Waals surface area contributed by atoms with E-state index in [1.165, 1.54) is 12.1 Å². The number of likely N-dealkylation sites (tertiary alicyclic amines) is 1. The second kappa shape index (κ2) is 8.29. The fraction of sp³-hybridized carbons (Fsp3) is 0.333. The van der Waals surface area contributed by atoms with Crippen LogP contribution in [-0.4, -0.2) is 34.0 Å². The summed E-state index contributed by atoms with van der Waals surface area (Å²) in [4.78, 5) is 27.0. The molecule has 2 amide bonds. The molecule has 0 spiro atoms. The maximum Gasteiger partial charge on any atom is 0.264 e. The number of rotatable bonds is 6. The van der Waals surface area contributed by atoms with Gasteiger partial charge in [-0.2, -0.15) is 0 Å². The second-order valence-electron chi connectivity index (χ2n) is 6.90. The molecule has 1 aliphatic heterocycles. The number of carbonyl (C=O) groups is 2. The highest BCUT2D eigenvalue weighted by Gasteiger charge is 2.52. The van der Waals surface area contributed by atoms with Gasteiger partial charge in [-0.25, -0.2) is 4.39 Å². The zero-order chi connectivity index (χ0) is 20.3. The lowest BCUT2D eigenvalue weighted by Crippen LogP contribution is -2.52. The van der Waals surface area contributed by atoms with Gasteiger partial charge < -0.3 is 15.3 Å². The predicted octanol–water partition coefficient (Wildman–Crippen LogP) is 3.21. The maximum absolute atomic E-state index is 13.4. The van der Waals surface area contributed by atoms with Crippen molar-refractivity contribution >= 4 is 23.4 Å². The Morgan fingerprint density at radius 1 is 1.32 bits per heavy atom. The molecule has 1 saturated heterocycles. The number of hydrogen-bond acceptors (Lipinski definition) is 3. The Balaban J connectivity index is 1.71. The van der Waals surface area contributed by atoms with Gasteiger partial charge in [-0.3, -0.25) is 9.59 Å². The van der Waals surface area contributed by atoms with Crippen LogP contribution in [0.1, 0.15) is 36.9 Å². The van der Waals surface area contributed by atoms with Crippen LogP contribution in [0.25, 0.3) is 0 Å². The van der Waals surface area contributed by atoms with Crippen LogP contribution >= 0.6 is 11.6 Å². The Morgan fingerprint density at radius 3 is 2.68 bits per heavy atom. The topological polar surface area (TPSA) is 69.6 Å². The van der Waals surface area contributed by atoms with Crippen LogP contribution in [0.15, 0.2) is 48.5 Å². The first-order chi connectivity index (χ1) is 13.3. The molecule has 2 atom stereocenters. The molecule has 3 rings (SSSR count). The van der Waals surface area contributed by atoms with Crippen LogP contribution in [-0.2, 0) is 16.1 Å². The zero-order valence-electron chi connectivity index (χ0n) is 15.5. The Kier molecular flexibility index (Phi) is 6.01. The maximum atomic E-state index is 13.4. The van der Waals surface area contributed by atoms with E-state index in [-0.39, 0.29) is 30.6 Å². The fourth-order valence-corrected chi connectivity index (χ4v) is 3.83. The molecule has 1 aliphatic rings. The third-order valence-corrected chi connectivity index (χ3v) is 5.25. The minimum Gasteiger partial charge on any atom is -0.372 e. The van der Waals surface area contributed by atoms with Crippen LogP contribution in [0.2, 0.25) is 5.02 Å². The second-order valence-corrected chi connectivity index (χ2v) is 7.34. The van der Waals surface area contributed by atoms with E-state index in [0.717, 1.165) is 11.6 Å². The van der Waals surface area contributed by atoms with Gasteiger partial charge in [0, 0.05) is 24.5 Å². The van der Waals surface area contributed by atoms with Crippen molar-refractivity contribution in [1.82, 2.24) is 10.2 Å². The Morgan fingerprint density at radius 2 is 2.04 bits per heavy atom. The quantitative estimate of drug-likeness (QED) is 0.726. The molecule has 1 fully saturated rings. The third-order valence-electron chi connectivity index (χ3n) is 5.03. The summed E-state index contributed by atoms with van der Waals surface area (Å²) in [5.74, 6) is -1.92. The summed E-state index contributed by atoms with van der Waals surface area (Å²) < 4.78 is 13.4. The number of aliphatic hydroxyl groups is 1. The number of amides is 2. The molecule has 148 valence electrons. The lowest BCUT2D eigenvalue weighted by Gasteiger charge is -2.29. The number of benzene rings is 2. The molecule has 0 unspecified atom stereocenters. The number of halogens is 2. The van der Waals surface area contributed by atoms with Crippen LogP contribution in [0, 0.1) is 5.82 Å². The molecule has 5 nitrogen and oxygen atoms in total. The highest BCUT2D eigenvalue weighted by Crippen LogP contribution is 2.33. The molecule has 2 aromatic rings. The minimum absolute atomic E-state index is 0.00487. The first-order valence-electron chi connectivity index (χ1n) is 9.17. The smallest absolute Gasteiger partial charge is 0.264 e. The summed E-state index contributed by atoms with van der Waals surface area (Å²) in [6.45, 7) is 2.19. The molecule has 2 N–H and O–H groups in total. The standard InChI is InChI=1S/C21H22ClFN2O3/c1-2-18(15-6-4-3-5-7-15)25-9-8-21(28,20(25)27)19(26)24-13-14-10-16(22)12-17(23)11-14/h3-7,10-12,18,28H,2,8-9,13H2,1H3,(H,24,26)/t18-,21+/m1/s1. The van der Waals surface area contributed by atoms with E-state index in [1.54, 1.807) is 4.90 Å². The van der Waals surface area contributed by atoms with E-state index >= 15 is 0 Å². The molecule has 0 aromatic heterocycles. The van der Waals surface area contributed by atoms with Gasteiger partial charge in [-0.05, 0) is 35.7 Å². The van der Waals surface area contributed by atoms with Crippen molar-refractivity contribution in [1.29, 1.82) is 0 Å². The van der Waals surface area contributed by atoms with Crippen molar-refractivity contribution in [3.63, 3.8) is 0 Å². The molecule has 0 radical (unpaired) electrons. The zero-order valence-corrected chi connectivity index (χ0v) is 16.2. The number of nitrogens with one attached hydrogen (secondary N) is 1. The summed E-state index contributed by atoms with van der Waals surface area (Å²) in [6, 6.07) is 13.2. The molecular formula is C21H22ClFN2O3. The van der Waals surface area contributed by atoms with Crippen molar-refractivity contribution < 1.29 is 19.1 Å². The molecular weight excluding hydrogens is 383 g/mol. The number of hydrogen-bond donors (Lipinski definition) is 2. The monoisotopic (exact) mass is 404 g/mol. The average Bonchev–Trinajstić information content (AvgIpc) is 2.97. The molecule has 0 aliphatic carbocycles. The number of carbonyl (C=O) groups excluding carboxylic acids is 2. The van der Waals surface area contributed by atoms with Crippen LogP contribution in [0.3, 0.4) is 0 Å². The van der Waals surface area contributed by atoms with Gasteiger partial charge in [-0.1, -0.05) is 48.9 Å². The van der Waals surface area contributed by atoms with E-state index < -0.39 is 23.2 Å². The first kappa shape index (κ1) is 20.3. The highest BCUT2D eigenvalue weighted by atomic mass is 35.5. The van der Waals surface area contributed by atoms with Crippen molar-refractivity contribution in [2.24, 2.45) is 0 Å². The molecule has 2 aromatic carbocycles. The van der Waals surface area contributed by atoms with Crippen LogP contribution in [0.5, 0.6) is 0 Å². The summed E-state index contributed by atoms with van der Waals surface area (Å²) in [7, 11) is 0. The van der Waals surface area contributed by atoms with Gasteiger partial charge >= 0.3 is 0 Å². The van der Waals surface area contributed by atoms with Gasteiger partial charge in [0.05, 0.1) is 6.04 Å². The van der Waals surface area contributed by atoms with Crippen LogP contribution < -0.4 is 5.32 Å². The molecule has 0 bridgehead atoms. The number of nitrogens with zero attached hydrogens (tertiary/aromatic N) is 1. The molecule has 1 heterocycles. The summed E-state index contributed by atoms with van der Waals surface area (Å²) in [6.07, 6.45) is 0.667. The Hall–Kier alpha value is -2.44. The predicted molar refractivity (Wildman–Crippen MR) is 104 cm³/mol. The van der Waals surface area contributed by atoms with Gasteiger partial charge in [-0.15, -0.1) is 0 Å². The van der Waals surface area contributed by atoms with Gasteiger partial charge in [0.2, 0.25) is 5.60 Å². The Bertz CT molecular complexity index is 857. The molecule has 7 heteroatoms. The van der Waals surface area contributed by atoms with E-state index in [4.69, 9.17) is 11.6 Å². The van der Waals surface area contributed by atoms with Gasteiger partial charge in [0.1, 0.15) is 5.82 Å². The largest absolute Gasteiger partial charge is 0.372 e. The van der Waals surface area contributed by atoms with E-state index in [1.807, 2.05) is 37.3 Å². The lowest BCUT2D eigenvalue weighted by atomic mass is 10.00. The highest BCUT2D eigenvalue weighted by molar-refractivity contribution is 6.30. The van der Waals surface area contributed by atoms with E-state index in [9.17, 15) is 19.1 Å². The Labute approximate surface area is 168 Å². The van der Waals surface area contributed by atoms with Crippen molar-refractivity contribution in [3.8, 4) is 0 Å². The average molecular weight is 405 g/mol. The summed E-state index contributed by atoms with van der Waals surface area (Å²) in [5, 5.41) is 13.5. The van der Waals surface area contributed by atoms with E-state index in [0.29, 0.717) is 12.0 Å². The SMILES string of the molecule is CC[C@H](c1ccccc1)N1CC[C@](O)(C(=O)NCc2cc(F)cc(Cl)c2)C1=O. The normalized spacial score (nSPS) is 20.3. The van der Waals surface area contributed by atoms with Crippen LogP contribution in [0.4, 0.5) is 4.39 Å². The molecule has 0 saturated carbocycles. The molecule has 28 heavy (non-hydrogen) atoms. The van der Waals surface area contributed by atoms with Crippen molar-refractivity contribution in [2.45, 2.75) is 38.0 Å². The third kappa shape index (κ3) is 4.03. The van der Waals surface area contributed by atoms with Gasteiger partial charge in [0.15, 0.2) is 0 Å². The van der Waals surface area contributed by atoms with Gasteiger partial charge in [0.25, 0.3) is 11.8 Å². The van der Waals surface area contributed by atoms with Crippen molar-refractivity contribution in [2.75, 3.05) is 6.54 Å². The minimum atomic E-state index is -2.13. The summed E-state index contributed by atoms with van der Waals surface area (Å²) in [5.41, 5.74) is -0.725. The lowest BCUT2D eigenvalue weighted by molar-refractivity contribution is -0.155. The summed E-state index contributed by atoms with van der Waals surface area (Å²) >= 11 is 5.81. The van der Waals surface area contributed by atoms with Crippen molar-refractivity contribution in [3.05, 3.63) is 70.5 Å². The fourth-order valence-electron chi connectivity index (χ4n) is 3.59. The first-order valence-corrected chi connectivity index (χ1v) is 9.54. The van der Waals surface area contributed by atoms with E-state index in [2.05, 4.69) is 5.32 Å².